The zero-order valence-corrected chi connectivity index (χ0v) is 10.4. The number of rotatable bonds is 5. The lowest BCUT2D eigenvalue weighted by atomic mass is 9.89. The maximum atomic E-state index is 5.81. The summed E-state index contributed by atoms with van der Waals surface area (Å²) in [5, 5.41) is 0. The molecule has 1 fully saturated rings. The third kappa shape index (κ3) is 4.65. The molecular formula is C12H24ClN. The zero-order valence-electron chi connectivity index (χ0n) is 9.64. The van der Waals surface area contributed by atoms with Crippen LogP contribution in [0.25, 0.3) is 0 Å². The van der Waals surface area contributed by atoms with Crippen LogP contribution in [-0.4, -0.2) is 30.9 Å². The van der Waals surface area contributed by atoms with E-state index < -0.39 is 0 Å². The molecule has 1 aliphatic carbocycles. The Morgan fingerprint density at radius 1 is 1.29 bits per heavy atom. The number of alkyl halides is 1. The molecule has 0 bridgehead atoms. The summed E-state index contributed by atoms with van der Waals surface area (Å²) in [4.78, 5) is 2.46. The molecule has 1 nitrogen and oxygen atoms in total. The summed E-state index contributed by atoms with van der Waals surface area (Å²) >= 11 is 5.81. The van der Waals surface area contributed by atoms with Gasteiger partial charge in [-0.3, -0.25) is 0 Å². The SMILES string of the molecule is CC(CCl)CN(C)CC1CCCCC1. The quantitative estimate of drug-likeness (QED) is 0.639. The largest absolute Gasteiger partial charge is 0.306 e. The average Bonchev–Trinajstić information content (AvgIpc) is 2.19. The average molecular weight is 218 g/mol. The molecule has 1 rings (SSSR count). The number of nitrogens with zero attached hydrogens (tertiary/aromatic N) is 1. The van der Waals surface area contributed by atoms with Crippen LogP contribution in [0.3, 0.4) is 0 Å². The molecule has 2 heteroatoms. The Morgan fingerprint density at radius 2 is 1.93 bits per heavy atom. The summed E-state index contributed by atoms with van der Waals surface area (Å²) in [6.45, 7) is 4.66. The number of halogens is 1. The third-order valence-electron chi connectivity index (χ3n) is 3.18. The van der Waals surface area contributed by atoms with Crippen molar-refractivity contribution in [2.45, 2.75) is 39.0 Å². The summed E-state index contributed by atoms with van der Waals surface area (Å²) in [5.74, 6) is 2.37. The van der Waals surface area contributed by atoms with Crippen molar-refractivity contribution in [1.82, 2.24) is 4.90 Å². The van der Waals surface area contributed by atoms with Crippen LogP contribution < -0.4 is 0 Å². The van der Waals surface area contributed by atoms with Gasteiger partial charge >= 0.3 is 0 Å². The van der Waals surface area contributed by atoms with Crippen molar-refractivity contribution in [3.8, 4) is 0 Å². The first-order chi connectivity index (χ1) is 6.72. The van der Waals surface area contributed by atoms with E-state index in [0.717, 1.165) is 18.3 Å². The molecule has 0 aromatic carbocycles. The minimum atomic E-state index is 0.630. The highest BCUT2D eigenvalue weighted by Crippen LogP contribution is 2.24. The Morgan fingerprint density at radius 3 is 2.50 bits per heavy atom. The van der Waals surface area contributed by atoms with E-state index >= 15 is 0 Å². The van der Waals surface area contributed by atoms with Gasteiger partial charge in [0, 0.05) is 19.0 Å². The Balaban J connectivity index is 2.14. The van der Waals surface area contributed by atoms with E-state index in [9.17, 15) is 0 Å². The van der Waals surface area contributed by atoms with E-state index in [1.165, 1.54) is 38.6 Å². The van der Waals surface area contributed by atoms with Crippen molar-refractivity contribution in [1.29, 1.82) is 0 Å². The molecule has 1 atom stereocenters. The normalized spacial score (nSPS) is 21.4. The fourth-order valence-electron chi connectivity index (χ4n) is 2.47. The lowest BCUT2D eigenvalue weighted by molar-refractivity contribution is 0.217. The molecule has 0 amide bonds. The van der Waals surface area contributed by atoms with Crippen molar-refractivity contribution >= 4 is 11.6 Å². The Bertz CT molecular complexity index is 143. The third-order valence-corrected chi connectivity index (χ3v) is 3.71. The van der Waals surface area contributed by atoms with E-state index in [2.05, 4.69) is 18.9 Å². The van der Waals surface area contributed by atoms with Crippen LogP contribution >= 0.6 is 11.6 Å². The van der Waals surface area contributed by atoms with Crippen molar-refractivity contribution in [3.63, 3.8) is 0 Å². The minimum absolute atomic E-state index is 0.630. The Hall–Kier alpha value is 0.250. The summed E-state index contributed by atoms with van der Waals surface area (Å²) in [5.41, 5.74) is 0. The van der Waals surface area contributed by atoms with Gasteiger partial charge in [0.15, 0.2) is 0 Å². The van der Waals surface area contributed by atoms with Gasteiger partial charge in [-0.2, -0.15) is 0 Å². The van der Waals surface area contributed by atoms with Crippen molar-refractivity contribution in [2.24, 2.45) is 11.8 Å². The molecule has 0 aliphatic heterocycles. The predicted octanol–water partition coefficient (Wildman–Crippen LogP) is 3.37. The van der Waals surface area contributed by atoms with Gasteiger partial charge < -0.3 is 4.90 Å². The highest BCUT2D eigenvalue weighted by Gasteiger charge is 2.15. The van der Waals surface area contributed by atoms with Crippen LogP contribution in [0.15, 0.2) is 0 Å². The molecule has 1 aliphatic rings. The molecule has 0 aromatic heterocycles. The molecule has 14 heavy (non-hydrogen) atoms. The van der Waals surface area contributed by atoms with Gasteiger partial charge in [0.1, 0.15) is 0 Å². The highest BCUT2D eigenvalue weighted by atomic mass is 35.5. The Labute approximate surface area is 93.8 Å². The molecule has 0 radical (unpaired) electrons. The molecule has 0 saturated heterocycles. The van der Waals surface area contributed by atoms with Crippen LogP contribution in [0.2, 0.25) is 0 Å². The smallest absolute Gasteiger partial charge is 0.0261 e. The summed E-state index contributed by atoms with van der Waals surface area (Å²) in [6.07, 6.45) is 7.24. The maximum absolute atomic E-state index is 5.81. The first-order valence-electron chi connectivity index (χ1n) is 5.97. The second-order valence-electron chi connectivity index (χ2n) is 4.98. The van der Waals surface area contributed by atoms with E-state index in [1.54, 1.807) is 0 Å². The van der Waals surface area contributed by atoms with Gasteiger partial charge in [-0.15, -0.1) is 11.6 Å². The fraction of sp³-hybridized carbons (Fsp3) is 1.00. The topological polar surface area (TPSA) is 3.24 Å². The Kier molecular flexibility index (Phi) is 5.88. The van der Waals surface area contributed by atoms with Gasteiger partial charge in [0.2, 0.25) is 0 Å². The lowest BCUT2D eigenvalue weighted by Gasteiger charge is -2.28. The molecule has 0 spiro atoms. The van der Waals surface area contributed by atoms with Crippen molar-refractivity contribution in [3.05, 3.63) is 0 Å². The maximum Gasteiger partial charge on any atom is 0.0261 e. The van der Waals surface area contributed by atoms with Gasteiger partial charge in [0.25, 0.3) is 0 Å². The van der Waals surface area contributed by atoms with Crippen LogP contribution in [0.1, 0.15) is 39.0 Å². The number of hydrogen-bond donors (Lipinski definition) is 0. The van der Waals surface area contributed by atoms with Crippen LogP contribution in [0.5, 0.6) is 0 Å². The lowest BCUT2D eigenvalue weighted by Crippen LogP contribution is -2.31. The van der Waals surface area contributed by atoms with Gasteiger partial charge in [-0.1, -0.05) is 26.2 Å². The van der Waals surface area contributed by atoms with Gasteiger partial charge in [-0.25, -0.2) is 0 Å². The molecule has 0 N–H and O–H groups in total. The zero-order chi connectivity index (χ0) is 10.4. The first kappa shape index (κ1) is 12.3. The van der Waals surface area contributed by atoms with Crippen molar-refractivity contribution < 1.29 is 0 Å². The molecular weight excluding hydrogens is 194 g/mol. The minimum Gasteiger partial charge on any atom is -0.306 e. The monoisotopic (exact) mass is 217 g/mol. The first-order valence-corrected chi connectivity index (χ1v) is 6.50. The second kappa shape index (κ2) is 6.68. The van der Waals surface area contributed by atoms with Crippen LogP contribution in [0, 0.1) is 11.8 Å². The summed E-state index contributed by atoms with van der Waals surface area (Å²) in [7, 11) is 2.23. The standard InChI is InChI=1S/C12H24ClN/c1-11(8-13)9-14(2)10-12-6-4-3-5-7-12/h11-12H,3-10H2,1-2H3. The predicted molar refractivity (Wildman–Crippen MR) is 64.0 cm³/mol. The molecule has 0 heterocycles. The van der Waals surface area contributed by atoms with E-state index in [0.29, 0.717) is 5.92 Å². The molecule has 1 unspecified atom stereocenters. The van der Waals surface area contributed by atoms with Crippen LogP contribution in [-0.2, 0) is 0 Å². The summed E-state index contributed by atoms with van der Waals surface area (Å²) < 4.78 is 0. The van der Waals surface area contributed by atoms with Crippen LogP contribution in [0.4, 0.5) is 0 Å². The fourth-order valence-corrected chi connectivity index (χ4v) is 2.56. The van der Waals surface area contributed by atoms with E-state index in [4.69, 9.17) is 11.6 Å². The molecule has 0 aromatic rings. The second-order valence-corrected chi connectivity index (χ2v) is 5.29. The highest BCUT2D eigenvalue weighted by molar-refractivity contribution is 6.18. The van der Waals surface area contributed by atoms with E-state index in [1.807, 2.05) is 0 Å². The van der Waals surface area contributed by atoms with Crippen molar-refractivity contribution in [2.75, 3.05) is 26.0 Å². The number of hydrogen-bond acceptors (Lipinski definition) is 1. The molecule has 1 saturated carbocycles. The van der Waals surface area contributed by atoms with Gasteiger partial charge in [0.05, 0.1) is 0 Å². The van der Waals surface area contributed by atoms with Gasteiger partial charge in [-0.05, 0) is 31.7 Å². The summed E-state index contributed by atoms with van der Waals surface area (Å²) in [6, 6.07) is 0. The van der Waals surface area contributed by atoms with E-state index in [-0.39, 0.29) is 0 Å². The molecule has 84 valence electrons.